The van der Waals surface area contributed by atoms with Gasteiger partial charge in [-0.25, -0.2) is 0 Å². The van der Waals surface area contributed by atoms with Gasteiger partial charge < -0.3 is 0 Å². The Morgan fingerprint density at radius 1 is 0.500 bits per heavy atom. The van der Waals surface area contributed by atoms with Crippen molar-refractivity contribution in [2.24, 2.45) is 0 Å². The molecule has 0 amide bonds. The van der Waals surface area contributed by atoms with Gasteiger partial charge in [0.05, 0.1) is 8.16 Å². The Morgan fingerprint density at radius 2 is 0.857 bits per heavy atom. The van der Waals surface area contributed by atoms with E-state index in [-0.39, 0.29) is 0 Å². The highest BCUT2D eigenvalue weighted by Gasteiger charge is 2.55. The first-order valence-electron chi connectivity index (χ1n) is 6.23. The molecular weight excluding hydrogens is 208 g/mol. The summed E-state index contributed by atoms with van der Waals surface area (Å²) in [7, 11) is 0. The van der Waals surface area contributed by atoms with Crippen LogP contribution >= 0.6 is 23.5 Å². The van der Waals surface area contributed by atoms with E-state index in [4.69, 9.17) is 0 Å². The predicted octanol–water partition coefficient (Wildman–Crippen LogP) is 4.79. The summed E-state index contributed by atoms with van der Waals surface area (Å²) < 4.78 is 1.41. The average Bonchev–Trinajstić information content (AvgIpc) is 2.18. The SMILES string of the molecule is C1CCC2(CC1)SC1(CCCCC1)S2. The van der Waals surface area contributed by atoms with Crippen molar-refractivity contribution in [1.82, 2.24) is 0 Å². The van der Waals surface area contributed by atoms with E-state index in [2.05, 4.69) is 23.5 Å². The van der Waals surface area contributed by atoms with E-state index in [1.807, 2.05) is 0 Å². The molecule has 2 aliphatic carbocycles. The smallest absolute Gasteiger partial charge is 0.0639 e. The fourth-order valence-electron chi connectivity index (χ4n) is 3.27. The van der Waals surface area contributed by atoms with Crippen molar-refractivity contribution in [2.45, 2.75) is 72.4 Å². The monoisotopic (exact) mass is 228 g/mol. The molecular formula is C12H20S2. The second-order valence-corrected chi connectivity index (χ2v) is 9.20. The maximum atomic E-state index is 2.38. The summed E-state index contributed by atoms with van der Waals surface area (Å²) in [4.78, 5) is 0. The highest BCUT2D eigenvalue weighted by atomic mass is 32.3. The van der Waals surface area contributed by atoms with Crippen LogP contribution in [0, 0.1) is 0 Å². The molecule has 0 N–H and O–H groups in total. The molecule has 80 valence electrons. The van der Waals surface area contributed by atoms with Crippen molar-refractivity contribution in [3.8, 4) is 0 Å². The first kappa shape index (κ1) is 9.89. The molecule has 1 saturated heterocycles. The third-order valence-electron chi connectivity index (χ3n) is 3.97. The first-order chi connectivity index (χ1) is 6.83. The molecule has 2 saturated carbocycles. The summed E-state index contributed by atoms with van der Waals surface area (Å²) in [5.74, 6) is 0. The summed E-state index contributed by atoms with van der Waals surface area (Å²) in [5.41, 5.74) is 0. The Bertz CT molecular complexity index is 180. The van der Waals surface area contributed by atoms with Crippen molar-refractivity contribution >= 4 is 23.5 Å². The van der Waals surface area contributed by atoms with Gasteiger partial charge in [0, 0.05) is 0 Å². The van der Waals surface area contributed by atoms with E-state index in [9.17, 15) is 0 Å². The van der Waals surface area contributed by atoms with Gasteiger partial charge in [-0.15, -0.1) is 23.5 Å². The highest BCUT2D eigenvalue weighted by molar-refractivity contribution is 8.35. The van der Waals surface area contributed by atoms with Crippen molar-refractivity contribution in [1.29, 1.82) is 0 Å². The molecule has 1 heterocycles. The molecule has 0 unspecified atom stereocenters. The zero-order chi connectivity index (χ0) is 9.49. The van der Waals surface area contributed by atoms with Gasteiger partial charge in [-0.3, -0.25) is 0 Å². The van der Waals surface area contributed by atoms with E-state index in [0.717, 1.165) is 0 Å². The fraction of sp³-hybridized carbons (Fsp3) is 1.00. The van der Waals surface area contributed by atoms with Gasteiger partial charge in [0.1, 0.15) is 0 Å². The van der Waals surface area contributed by atoms with Crippen molar-refractivity contribution in [2.75, 3.05) is 0 Å². The van der Waals surface area contributed by atoms with E-state index in [1.54, 1.807) is 0 Å². The lowest BCUT2D eigenvalue weighted by atomic mass is 9.98. The molecule has 0 aromatic carbocycles. The van der Waals surface area contributed by atoms with E-state index >= 15 is 0 Å². The lowest BCUT2D eigenvalue weighted by molar-refractivity contribution is 0.439. The molecule has 0 nitrogen and oxygen atoms in total. The Morgan fingerprint density at radius 3 is 1.21 bits per heavy atom. The van der Waals surface area contributed by atoms with Crippen LogP contribution in [0.1, 0.15) is 64.2 Å². The molecule has 0 bridgehead atoms. The summed E-state index contributed by atoms with van der Waals surface area (Å²) in [6.45, 7) is 0. The fourth-order valence-corrected chi connectivity index (χ4v) is 8.28. The maximum Gasteiger partial charge on any atom is 0.0639 e. The molecule has 2 heteroatoms. The highest BCUT2D eigenvalue weighted by Crippen LogP contribution is 2.73. The Kier molecular flexibility index (Phi) is 2.56. The number of hydrogen-bond donors (Lipinski definition) is 0. The number of thioether (sulfide) groups is 2. The molecule has 0 atom stereocenters. The zero-order valence-corrected chi connectivity index (χ0v) is 10.5. The lowest BCUT2D eigenvalue weighted by Gasteiger charge is -2.58. The summed E-state index contributed by atoms with van der Waals surface area (Å²) in [6.07, 6.45) is 15.0. The van der Waals surface area contributed by atoms with Crippen molar-refractivity contribution in [3.05, 3.63) is 0 Å². The van der Waals surface area contributed by atoms with E-state index < -0.39 is 0 Å². The lowest BCUT2D eigenvalue weighted by Crippen LogP contribution is -2.46. The minimum atomic E-state index is 0.704. The Balaban J connectivity index is 1.62. The van der Waals surface area contributed by atoms with Gasteiger partial charge in [0.15, 0.2) is 0 Å². The third kappa shape index (κ3) is 1.63. The number of rotatable bonds is 0. The van der Waals surface area contributed by atoms with Gasteiger partial charge in [-0.05, 0) is 25.7 Å². The first-order valence-corrected chi connectivity index (χ1v) is 7.86. The molecule has 3 aliphatic rings. The summed E-state index contributed by atoms with van der Waals surface area (Å²) >= 11 is 4.77. The predicted molar refractivity (Wildman–Crippen MR) is 66.8 cm³/mol. The topological polar surface area (TPSA) is 0 Å². The van der Waals surface area contributed by atoms with Gasteiger partial charge >= 0.3 is 0 Å². The van der Waals surface area contributed by atoms with Crippen LogP contribution in [-0.4, -0.2) is 8.16 Å². The van der Waals surface area contributed by atoms with Gasteiger partial charge in [0.2, 0.25) is 0 Å². The maximum absolute atomic E-state index is 2.38. The molecule has 3 fully saturated rings. The van der Waals surface area contributed by atoms with Crippen molar-refractivity contribution in [3.63, 3.8) is 0 Å². The second-order valence-electron chi connectivity index (χ2n) is 5.15. The van der Waals surface area contributed by atoms with Crippen LogP contribution in [0.5, 0.6) is 0 Å². The van der Waals surface area contributed by atoms with Crippen LogP contribution in [0.3, 0.4) is 0 Å². The molecule has 3 rings (SSSR count). The quantitative estimate of drug-likeness (QED) is 0.585. The zero-order valence-electron chi connectivity index (χ0n) is 8.89. The Hall–Kier alpha value is 0.700. The minimum absolute atomic E-state index is 0.704. The third-order valence-corrected chi connectivity index (χ3v) is 8.10. The normalized spacial score (nSPS) is 34.3. The average molecular weight is 228 g/mol. The number of hydrogen-bond acceptors (Lipinski definition) is 2. The molecule has 2 spiro atoms. The molecule has 14 heavy (non-hydrogen) atoms. The molecule has 1 aliphatic heterocycles. The van der Waals surface area contributed by atoms with Crippen molar-refractivity contribution < 1.29 is 0 Å². The molecule has 0 radical (unpaired) electrons. The van der Waals surface area contributed by atoms with E-state index in [1.165, 1.54) is 64.2 Å². The van der Waals surface area contributed by atoms with Crippen LogP contribution in [0.2, 0.25) is 0 Å². The van der Waals surface area contributed by atoms with Crippen LogP contribution in [0.15, 0.2) is 0 Å². The van der Waals surface area contributed by atoms with Crippen LogP contribution < -0.4 is 0 Å². The van der Waals surface area contributed by atoms with Crippen LogP contribution in [0.4, 0.5) is 0 Å². The van der Waals surface area contributed by atoms with Crippen LogP contribution in [-0.2, 0) is 0 Å². The summed E-state index contributed by atoms with van der Waals surface area (Å²) in [6, 6.07) is 0. The standard InChI is InChI=1S/C12H20S2/c1-3-7-11(8-4-1)13-12(14-11)9-5-2-6-10-12/h1-10H2. The second kappa shape index (κ2) is 3.62. The largest absolute Gasteiger partial charge is 0.126 e. The van der Waals surface area contributed by atoms with Crippen LogP contribution in [0.25, 0.3) is 0 Å². The molecule has 0 aromatic heterocycles. The Labute approximate surface area is 96.0 Å². The van der Waals surface area contributed by atoms with E-state index in [0.29, 0.717) is 8.16 Å². The minimum Gasteiger partial charge on any atom is -0.126 e. The van der Waals surface area contributed by atoms with Gasteiger partial charge in [0.25, 0.3) is 0 Å². The van der Waals surface area contributed by atoms with Gasteiger partial charge in [-0.1, -0.05) is 38.5 Å². The summed E-state index contributed by atoms with van der Waals surface area (Å²) in [5, 5.41) is 0. The van der Waals surface area contributed by atoms with Gasteiger partial charge in [-0.2, -0.15) is 0 Å². The molecule has 0 aromatic rings.